The van der Waals surface area contributed by atoms with Crippen molar-refractivity contribution >= 4 is 0 Å². The first-order valence-corrected chi connectivity index (χ1v) is 5.47. The van der Waals surface area contributed by atoms with Gasteiger partial charge in [-0.05, 0) is 26.4 Å². The molecule has 0 aliphatic heterocycles. The minimum absolute atomic E-state index is 0.501. The number of nitrogens with one attached hydrogen (secondary N) is 1. The zero-order valence-electron chi connectivity index (χ0n) is 10.3. The maximum Gasteiger partial charge on any atom is 0.0615 e. The highest BCUT2D eigenvalue weighted by Gasteiger charge is 2.07. The largest absolute Gasteiger partial charge is 0.383 e. The maximum absolute atomic E-state index is 5.11. The molecule has 3 nitrogen and oxygen atoms in total. The fourth-order valence-electron chi connectivity index (χ4n) is 1.23. The summed E-state index contributed by atoms with van der Waals surface area (Å²) in [5, 5.41) is 3.43. The monoisotopic (exact) mass is 202 g/mol. The minimum atomic E-state index is 0.501. The smallest absolute Gasteiger partial charge is 0.0615 e. The molecule has 0 heterocycles. The Morgan fingerprint density at radius 1 is 1.29 bits per heavy atom. The standard InChI is InChI=1S/C11H26N2O/c1-10(2)8-12-6-7-13(4)11(3)9-14-5/h10-12H,6-9H2,1-5H3. The van der Waals surface area contributed by atoms with Crippen molar-refractivity contribution in [2.24, 2.45) is 5.92 Å². The van der Waals surface area contributed by atoms with Crippen LogP contribution in [0, 0.1) is 5.92 Å². The van der Waals surface area contributed by atoms with Crippen LogP contribution in [-0.2, 0) is 4.74 Å². The molecule has 0 radical (unpaired) electrons. The van der Waals surface area contributed by atoms with Crippen molar-refractivity contribution in [1.82, 2.24) is 10.2 Å². The van der Waals surface area contributed by atoms with Gasteiger partial charge in [0.1, 0.15) is 0 Å². The molecule has 0 bridgehead atoms. The Balaban J connectivity index is 3.38. The van der Waals surface area contributed by atoms with E-state index in [0.29, 0.717) is 6.04 Å². The van der Waals surface area contributed by atoms with Crippen LogP contribution >= 0.6 is 0 Å². The molecule has 86 valence electrons. The Bertz CT molecular complexity index is 128. The predicted octanol–water partition coefficient (Wildman–Crippen LogP) is 1.20. The topological polar surface area (TPSA) is 24.5 Å². The van der Waals surface area contributed by atoms with Crippen molar-refractivity contribution in [3.05, 3.63) is 0 Å². The summed E-state index contributed by atoms with van der Waals surface area (Å²) < 4.78 is 5.11. The number of methoxy groups -OCH3 is 1. The molecule has 0 saturated carbocycles. The number of nitrogens with zero attached hydrogens (tertiary/aromatic N) is 1. The molecule has 14 heavy (non-hydrogen) atoms. The zero-order valence-corrected chi connectivity index (χ0v) is 10.3. The highest BCUT2D eigenvalue weighted by Crippen LogP contribution is 1.94. The highest BCUT2D eigenvalue weighted by molar-refractivity contribution is 4.63. The molecule has 0 aliphatic rings. The minimum Gasteiger partial charge on any atom is -0.383 e. The van der Waals surface area contributed by atoms with Gasteiger partial charge < -0.3 is 15.0 Å². The molecule has 1 N–H and O–H groups in total. The third-order valence-corrected chi connectivity index (χ3v) is 2.35. The number of rotatable bonds is 8. The second-order valence-electron chi connectivity index (χ2n) is 4.38. The zero-order chi connectivity index (χ0) is 11.0. The molecule has 0 saturated heterocycles. The van der Waals surface area contributed by atoms with Crippen LogP contribution in [-0.4, -0.2) is 51.3 Å². The third kappa shape index (κ3) is 7.30. The molecule has 0 aromatic carbocycles. The normalized spacial score (nSPS) is 13.9. The Morgan fingerprint density at radius 2 is 1.93 bits per heavy atom. The summed E-state index contributed by atoms with van der Waals surface area (Å²) in [6, 6.07) is 0.501. The summed E-state index contributed by atoms with van der Waals surface area (Å²) in [7, 11) is 3.89. The van der Waals surface area contributed by atoms with E-state index in [4.69, 9.17) is 4.74 Å². The molecule has 0 fully saturated rings. The van der Waals surface area contributed by atoms with Gasteiger partial charge in [-0.3, -0.25) is 0 Å². The summed E-state index contributed by atoms with van der Waals surface area (Å²) in [4.78, 5) is 2.32. The van der Waals surface area contributed by atoms with Gasteiger partial charge in [-0.2, -0.15) is 0 Å². The molecule has 0 aromatic heterocycles. The molecule has 0 amide bonds. The lowest BCUT2D eigenvalue weighted by Crippen LogP contribution is -2.38. The second kappa shape index (κ2) is 8.21. The van der Waals surface area contributed by atoms with Gasteiger partial charge in [0.15, 0.2) is 0 Å². The lowest BCUT2D eigenvalue weighted by Gasteiger charge is -2.24. The van der Waals surface area contributed by atoms with Crippen molar-refractivity contribution in [3.63, 3.8) is 0 Å². The van der Waals surface area contributed by atoms with Crippen LogP contribution in [0.25, 0.3) is 0 Å². The van der Waals surface area contributed by atoms with E-state index in [9.17, 15) is 0 Å². The summed E-state index contributed by atoms with van der Waals surface area (Å²) in [5.41, 5.74) is 0. The molecule has 0 aliphatic carbocycles. The van der Waals surface area contributed by atoms with Crippen molar-refractivity contribution < 1.29 is 4.74 Å². The molecule has 0 aromatic rings. The number of hydrogen-bond donors (Lipinski definition) is 1. The van der Waals surface area contributed by atoms with Crippen LogP contribution in [0.5, 0.6) is 0 Å². The molecular weight excluding hydrogens is 176 g/mol. The highest BCUT2D eigenvalue weighted by atomic mass is 16.5. The lowest BCUT2D eigenvalue weighted by atomic mass is 10.2. The van der Waals surface area contributed by atoms with Crippen LogP contribution in [0.1, 0.15) is 20.8 Å². The van der Waals surface area contributed by atoms with Crippen molar-refractivity contribution in [1.29, 1.82) is 0 Å². The van der Waals surface area contributed by atoms with E-state index in [2.05, 4.69) is 38.0 Å². The summed E-state index contributed by atoms with van der Waals surface area (Å²) >= 11 is 0. The van der Waals surface area contributed by atoms with Crippen LogP contribution < -0.4 is 5.32 Å². The van der Waals surface area contributed by atoms with Crippen LogP contribution in [0.15, 0.2) is 0 Å². The first-order chi connectivity index (χ1) is 6.57. The van der Waals surface area contributed by atoms with Crippen LogP contribution in [0.4, 0.5) is 0 Å². The van der Waals surface area contributed by atoms with E-state index in [-0.39, 0.29) is 0 Å². The molecule has 3 heteroatoms. The van der Waals surface area contributed by atoms with E-state index in [0.717, 1.165) is 32.2 Å². The Kier molecular flexibility index (Phi) is 8.14. The quantitative estimate of drug-likeness (QED) is 0.599. The molecule has 0 spiro atoms. The molecular formula is C11H26N2O. The fraction of sp³-hybridized carbons (Fsp3) is 1.00. The average Bonchev–Trinajstić information content (AvgIpc) is 2.12. The predicted molar refractivity (Wildman–Crippen MR) is 61.7 cm³/mol. The Labute approximate surface area is 88.8 Å². The van der Waals surface area contributed by atoms with Crippen molar-refractivity contribution in [3.8, 4) is 0 Å². The van der Waals surface area contributed by atoms with E-state index in [1.54, 1.807) is 7.11 Å². The van der Waals surface area contributed by atoms with E-state index >= 15 is 0 Å². The first kappa shape index (κ1) is 13.9. The lowest BCUT2D eigenvalue weighted by molar-refractivity contribution is 0.116. The first-order valence-electron chi connectivity index (χ1n) is 5.47. The maximum atomic E-state index is 5.11. The third-order valence-electron chi connectivity index (χ3n) is 2.35. The summed E-state index contributed by atoms with van der Waals surface area (Å²) in [6.07, 6.45) is 0. The van der Waals surface area contributed by atoms with Crippen LogP contribution in [0.2, 0.25) is 0 Å². The Morgan fingerprint density at radius 3 is 2.43 bits per heavy atom. The Hall–Kier alpha value is -0.120. The van der Waals surface area contributed by atoms with Gasteiger partial charge in [0.25, 0.3) is 0 Å². The molecule has 1 unspecified atom stereocenters. The summed E-state index contributed by atoms with van der Waals surface area (Å²) in [5.74, 6) is 0.733. The van der Waals surface area contributed by atoms with E-state index < -0.39 is 0 Å². The fourth-order valence-corrected chi connectivity index (χ4v) is 1.23. The van der Waals surface area contributed by atoms with Crippen molar-refractivity contribution in [2.45, 2.75) is 26.8 Å². The van der Waals surface area contributed by atoms with Gasteiger partial charge in [0, 0.05) is 26.2 Å². The summed E-state index contributed by atoms with van der Waals surface area (Å²) in [6.45, 7) is 10.7. The second-order valence-corrected chi connectivity index (χ2v) is 4.38. The number of likely N-dealkylation sites (N-methyl/N-ethyl adjacent to an activating group) is 1. The van der Waals surface area contributed by atoms with Crippen molar-refractivity contribution in [2.75, 3.05) is 40.4 Å². The van der Waals surface area contributed by atoms with Gasteiger partial charge in [-0.25, -0.2) is 0 Å². The van der Waals surface area contributed by atoms with Gasteiger partial charge >= 0.3 is 0 Å². The van der Waals surface area contributed by atoms with Gasteiger partial charge in [0.2, 0.25) is 0 Å². The molecule has 1 atom stereocenters. The van der Waals surface area contributed by atoms with E-state index in [1.807, 2.05) is 0 Å². The number of ether oxygens (including phenoxy) is 1. The SMILES string of the molecule is COCC(C)N(C)CCNCC(C)C. The van der Waals surface area contributed by atoms with Crippen LogP contribution in [0.3, 0.4) is 0 Å². The van der Waals surface area contributed by atoms with Gasteiger partial charge in [-0.15, -0.1) is 0 Å². The number of hydrogen-bond acceptors (Lipinski definition) is 3. The molecule has 0 rings (SSSR count). The van der Waals surface area contributed by atoms with E-state index in [1.165, 1.54) is 0 Å². The van der Waals surface area contributed by atoms with Gasteiger partial charge in [-0.1, -0.05) is 13.8 Å². The van der Waals surface area contributed by atoms with Gasteiger partial charge in [0.05, 0.1) is 6.61 Å². The average molecular weight is 202 g/mol.